The van der Waals surface area contributed by atoms with Crippen molar-refractivity contribution in [3.8, 4) is 5.75 Å². The van der Waals surface area contributed by atoms with Gasteiger partial charge in [-0.25, -0.2) is 4.79 Å². The minimum absolute atomic E-state index is 0.186. The smallest absolute Gasteiger partial charge is 0.410 e. The summed E-state index contributed by atoms with van der Waals surface area (Å²) in [5.41, 5.74) is -0.681. The fourth-order valence-electron chi connectivity index (χ4n) is 3.19. The Kier molecular flexibility index (Phi) is 4.21. The lowest BCUT2D eigenvalue weighted by atomic mass is 9.82. The van der Waals surface area contributed by atoms with Gasteiger partial charge in [0.25, 0.3) is 0 Å². The average molecular weight is 399 g/mol. The minimum atomic E-state index is -1.70. The molecule has 2 heterocycles. The van der Waals surface area contributed by atoms with Crippen LogP contribution in [0.2, 0.25) is 0 Å². The van der Waals surface area contributed by atoms with Gasteiger partial charge in [0.15, 0.2) is 0 Å². The zero-order valence-electron chi connectivity index (χ0n) is 15.3. The predicted molar refractivity (Wildman–Crippen MR) is 94.1 cm³/mol. The van der Waals surface area contributed by atoms with Crippen LogP contribution in [-0.2, 0) is 4.74 Å². The number of amides is 1. The highest BCUT2D eigenvalue weighted by atomic mass is 79.9. The quantitative estimate of drug-likeness (QED) is 0.716. The second kappa shape index (κ2) is 6.23. The van der Waals surface area contributed by atoms with Crippen molar-refractivity contribution in [1.82, 2.24) is 4.90 Å². The van der Waals surface area contributed by atoms with E-state index in [0.717, 1.165) is 4.47 Å². The maximum atomic E-state index is 12.2. The fraction of sp³-hybridized carbons (Fsp3) is 0.611. The summed E-state index contributed by atoms with van der Waals surface area (Å²) in [6, 6.07) is 5.34. The van der Waals surface area contributed by atoms with Crippen LogP contribution in [0.3, 0.4) is 0 Å². The van der Waals surface area contributed by atoms with Crippen LogP contribution in [0, 0.1) is 0 Å². The number of nitrogens with zero attached hydrogens (tertiary/aromatic N) is 1. The van der Waals surface area contributed by atoms with Gasteiger partial charge in [0, 0.05) is 42.4 Å². The topological polar surface area (TPSA) is 59.0 Å². The van der Waals surface area contributed by atoms with E-state index in [0.29, 0.717) is 37.2 Å². The second-order valence-corrected chi connectivity index (χ2v) is 8.43. The number of likely N-dealkylation sites (tertiary alicyclic amines) is 1. The summed E-state index contributed by atoms with van der Waals surface area (Å²) in [6.07, 6.45) is -0.730. The third-order valence-corrected chi connectivity index (χ3v) is 4.89. The van der Waals surface area contributed by atoms with Gasteiger partial charge in [-0.2, -0.15) is 0 Å². The molecule has 1 saturated heterocycles. The Hall–Kier alpha value is -1.27. The molecule has 2 aliphatic heterocycles. The normalized spacial score (nSPS) is 26.4. The highest BCUT2D eigenvalue weighted by Crippen LogP contribution is 2.45. The van der Waals surface area contributed by atoms with Crippen molar-refractivity contribution in [2.45, 2.75) is 57.3 Å². The Bertz CT molecular complexity index is 678. The average Bonchev–Trinajstić information content (AvgIpc) is 2.46. The van der Waals surface area contributed by atoms with E-state index in [-0.39, 0.29) is 12.5 Å². The molecule has 0 saturated carbocycles. The molecule has 0 aliphatic carbocycles. The van der Waals surface area contributed by atoms with Crippen molar-refractivity contribution in [2.75, 3.05) is 13.1 Å². The summed E-state index contributed by atoms with van der Waals surface area (Å²) >= 11 is 3.37. The number of benzene rings is 1. The lowest BCUT2D eigenvalue weighted by molar-refractivity contribution is -0.0569. The summed E-state index contributed by atoms with van der Waals surface area (Å²) in [5, 5.41) is 10.7. The molecule has 1 unspecified atom stereocenters. The molecule has 1 aromatic carbocycles. The Morgan fingerprint density at radius 3 is 2.75 bits per heavy atom. The summed E-state index contributed by atoms with van der Waals surface area (Å²) in [6.45, 7) is 6.50. The Balaban J connectivity index is 1.74. The SMILES string of the molecule is [2H]C1(O)CC2(CCN(C(=O)OC(C)(C)C)CC2)Oc2ccc(Br)cc21. The molecule has 24 heavy (non-hydrogen) atoms. The number of hydrogen-bond acceptors (Lipinski definition) is 4. The first-order valence-corrected chi connectivity index (χ1v) is 8.98. The number of rotatable bonds is 0. The van der Waals surface area contributed by atoms with Gasteiger partial charge in [0.1, 0.15) is 17.0 Å². The lowest BCUT2D eigenvalue weighted by Gasteiger charge is -2.45. The third-order valence-electron chi connectivity index (χ3n) is 4.39. The van der Waals surface area contributed by atoms with E-state index >= 15 is 0 Å². The van der Waals surface area contributed by atoms with Crippen LogP contribution >= 0.6 is 15.9 Å². The number of carbonyl (C=O) groups excluding carboxylic acids is 1. The first-order chi connectivity index (χ1) is 11.5. The molecule has 132 valence electrons. The number of carbonyl (C=O) groups is 1. The molecule has 0 bridgehead atoms. The van der Waals surface area contributed by atoms with Crippen molar-refractivity contribution in [3.05, 3.63) is 28.2 Å². The molecular formula is C18H24BrNO4. The van der Waals surface area contributed by atoms with Gasteiger partial charge in [-0.3, -0.25) is 0 Å². The number of piperidine rings is 1. The zero-order valence-corrected chi connectivity index (χ0v) is 15.9. The van der Waals surface area contributed by atoms with E-state index in [2.05, 4.69) is 15.9 Å². The first kappa shape index (κ1) is 16.2. The van der Waals surface area contributed by atoms with Gasteiger partial charge in [-0.1, -0.05) is 15.9 Å². The summed E-state index contributed by atoms with van der Waals surface area (Å²) in [7, 11) is 0. The minimum Gasteiger partial charge on any atom is -0.487 e. The number of ether oxygens (including phenoxy) is 2. The molecule has 3 rings (SSSR count). The highest BCUT2D eigenvalue weighted by Gasteiger charge is 2.44. The molecule has 1 spiro atoms. The van der Waals surface area contributed by atoms with Crippen molar-refractivity contribution in [2.24, 2.45) is 0 Å². The van der Waals surface area contributed by atoms with Crippen LogP contribution in [0.1, 0.15) is 53.0 Å². The van der Waals surface area contributed by atoms with Crippen molar-refractivity contribution in [3.63, 3.8) is 0 Å². The van der Waals surface area contributed by atoms with Gasteiger partial charge in [-0.05, 0) is 39.0 Å². The number of hydrogen-bond donors (Lipinski definition) is 1. The van der Waals surface area contributed by atoms with Gasteiger partial charge >= 0.3 is 6.09 Å². The fourth-order valence-corrected chi connectivity index (χ4v) is 3.55. The van der Waals surface area contributed by atoms with E-state index in [1.54, 1.807) is 17.0 Å². The van der Waals surface area contributed by atoms with Crippen molar-refractivity contribution < 1.29 is 20.7 Å². The van der Waals surface area contributed by atoms with Crippen LogP contribution in [0.5, 0.6) is 5.75 Å². The molecule has 2 aliphatic rings. The molecule has 1 fully saturated rings. The van der Waals surface area contributed by atoms with Gasteiger partial charge in [0.2, 0.25) is 0 Å². The molecule has 1 atom stereocenters. The Morgan fingerprint density at radius 2 is 2.12 bits per heavy atom. The highest BCUT2D eigenvalue weighted by molar-refractivity contribution is 9.10. The number of halogens is 1. The Labute approximate surface area is 152 Å². The molecule has 0 radical (unpaired) electrons. The van der Waals surface area contributed by atoms with Crippen LogP contribution in [0.25, 0.3) is 0 Å². The van der Waals surface area contributed by atoms with Crippen LogP contribution in [-0.4, -0.2) is 40.4 Å². The van der Waals surface area contributed by atoms with Crippen LogP contribution < -0.4 is 4.74 Å². The molecule has 0 aromatic heterocycles. The molecule has 1 amide bonds. The third kappa shape index (κ3) is 3.70. The zero-order chi connectivity index (χ0) is 18.5. The summed E-state index contributed by atoms with van der Waals surface area (Å²) in [4.78, 5) is 13.9. The summed E-state index contributed by atoms with van der Waals surface area (Å²) in [5.74, 6) is 0.540. The standard InChI is InChI=1S/C18H24BrNO4/c1-17(2,3)24-16(22)20-8-6-18(7-9-20)11-14(21)13-10-12(19)4-5-15(13)23-18/h4-5,10,14,21H,6-9,11H2,1-3H3/i14D. The molecule has 5 nitrogen and oxygen atoms in total. The molecule has 1 N–H and O–H groups in total. The maximum absolute atomic E-state index is 12.2. The van der Waals surface area contributed by atoms with E-state index in [1.807, 2.05) is 26.8 Å². The van der Waals surface area contributed by atoms with Gasteiger partial charge in [0.05, 0.1) is 7.45 Å². The van der Waals surface area contributed by atoms with Crippen molar-refractivity contribution in [1.29, 1.82) is 0 Å². The molecule has 1 aromatic rings. The molecular weight excluding hydrogens is 374 g/mol. The van der Waals surface area contributed by atoms with E-state index in [4.69, 9.17) is 10.8 Å². The van der Waals surface area contributed by atoms with Gasteiger partial charge in [-0.15, -0.1) is 0 Å². The second-order valence-electron chi connectivity index (χ2n) is 7.52. The van der Waals surface area contributed by atoms with E-state index in [9.17, 15) is 9.90 Å². The largest absolute Gasteiger partial charge is 0.487 e. The number of fused-ring (bicyclic) bond motifs is 1. The molecule has 6 heteroatoms. The number of aliphatic hydroxyl groups is 1. The van der Waals surface area contributed by atoms with E-state index in [1.165, 1.54) is 0 Å². The first-order valence-electron chi connectivity index (χ1n) is 8.69. The van der Waals surface area contributed by atoms with Gasteiger partial charge < -0.3 is 19.5 Å². The van der Waals surface area contributed by atoms with E-state index < -0.39 is 17.3 Å². The predicted octanol–water partition coefficient (Wildman–Crippen LogP) is 4.03. The van der Waals surface area contributed by atoms with Crippen LogP contribution in [0.4, 0.5) is 4.79 Å². The Morgan fingerprint density at radius 1 is 1.46 bits per heavy atom. The monoisotopic (exact) mass is 398 g/mol. The van der Waals surface area contributed by atoms with Crippen molar-refractivity contribution >= 4 is 22.0 Å². The lowest BCUT2D eigenvalue weighted by Crippen LogP contribution is -2.52. The maximum Gasteiger partial charge on any atom is 0.410 e. The summed E-state index contributed by atoms with van der Waals surface area (Å²) < 4.78 is 20.8. The van der Waals surface area contributed by atoms with Crippen LogP contribution in [0.15, 0.2) is 22.7 Å².